The number of carbonyl (C=O) groups is 4. The summed E-state index contributed by atoms with van der Waals surface area (Å²) in [6, 6.07) is 6.16. The van der Waals surface area contributed by atoms with Crippen LogP contribution < -0.4 is 10.1 Å². The van der Waals surface area contributed by atoms with Crippen molar-refractivity contribution in [2.45, 2.75) is 0 Å². The van der Waals surface area contributed by atoms with Gasteiger partial charge in [-0.25, -0.2) is 4.79 Å². The van der Waals surface area contributed by atoms with Gasteiger partial charge in [0.1, 0.15) is 5.75 Å². The number of para-hydroxylation sites is 1. The fourth-order valence-electron chi connectivity index (χ4n) is 1.34. The Morgan fingerprint density at radius 2 is 2.00 bits per heavy atom. The molecule has 0 spiro atoms. The molecule has 0 bridgehead atoms. The molecule has 1 saturated heterocycles. The van der Waals surface area contributed by atoms with Crippen LogP contribution >= 0.6 is 11.8 Å². The van der Waals surface area contributed by atoms with E-state index in [9.17, 15) is 19.2 Å². The Bertz CT molecular complexity index is 608. The van der Waals surface area contributed by atoms with Gasteiger partial charge in [-0.2, -0.15) is 0 Å². The van der Waals surface area contributed by atoms with Gasteiger partial charge in [-0.3, -0.25) is 19.7 Å². The number of esters is 1. The third-order valence-electron chi connectivity index (χ3n) is 2.15. The number of imide groups is 1. The summed E-state index contributed by atoms with van der Waals surface area (Å²) in [5.41, 5.74) is 0.217. The standard InChI is InChI=1S/C12H7NO5S/c14-6-7-3-1-2-4-8(7)18-10(15)5-9-11(16)13-12(17)19-9/h1-6H,(H,13,16,17)/b9-5-. The number of rotatable bonds is 3. The minimum Gasteiger partial charge on any atom is -0.423 e. The topological polar surface area (TPSA) is 89.5 Å². The predicted molar refractivity (Wildman–Crippen MR) is 66.7 cm³/mol. The maximum Gasteiger partial charge on any atom is 0.337 e. The lowest BCUT2D eigenvalue weighted by atomic mass is 10.2. The molecule has 1 N–H and O–H groups in total. The van der Waals surface area contributed by atoms with Gasteiger partial charge >= 0.3 is 5.97 Å². The first-order chi connectivity index (χ1) is 9.10. The molecule has 1 heterocycles. The number of thioether (sulfide) groups is 1. The molecule has 2 amide bonds. The van der Waals surface area contributed by atoms with Crippen molar-refractivity contribution < 1.29 is 23.9 Å². The fraction of sp³-hybridized carbons (Fsp3) is 0. The highest BCUT2D eigenvalue weighted by Gasteiger charge is 2.26. The molecular weight excluding hydrogens is 270 g/mol. The van der Waals surface area contributed by atoms with E-state index in [0.29, 0.717) is 18.0 Å². The molecule has 96 valence electrons. The highest BCUT2D eigenvalue weighted by atomic mass is 32.2. The van der Waals surface area contributed by atoms with E-state index < -0.39 is 17.1 Å². The lowest BCUT2D eigenvalue weighted by Crippen LogP contribution is -2.18. The molecule has 0 radical (unpaired) electrons. The number of nitrogens with one attached hydrogen (secondary N) is 1. The van der Waals surface area contributed by atoms with Gasteiger partial charge in [0, 0.05) is 6.08 Å². The highest BCUT2D eigenvalue weighted by molar-refractivity contribution is 8.18. The van der Waals surface area contributed by atoms with Crippen molar-refractivity contribution in [2.24, 2.45) is 0 Å². The molecule has 1 aliphatic heterocycles. The van der Waals surface area contributed by atoms with Crippen molar-refractivity contribution in [1.82, 2.24) is 5.32 Å². The Hall–Kier alpha value is -2.41. The summed E-state index contributed by atoms with van der Waals surface area (Å²) in [6.07, 6.45) is 1.46. The molecule has 0 aliphatic carbocycles. The second-order valence-electron chi connectivity index (χ2n) is 3.43. The van der Waals surface area contributed by atoms with E-state index in [1.165, 1.54) is 12.1 Å². The normalized spacial score (nSPS) is 16.3. The monoisotopic (exact) mass is 277 g/mol. The SMILES string of the molecule is O=Cc1ccccc1OC(=O)/C=C1\SC(=O)NC1=O. The van der Waals surface area contributed by atoms with Crippen molar-refractivity contribution in [1.29, 1.82) is 0 Å². The Labute approximate surface area is 111 Å². The molecule has 6 nitrogen and oxygen atoms in total. The van der Waals surface area contributed by atoms with Gasteiger partial charge in [0.25, 0.3) is 11.1 Å². The fourth-order valence-corrected chi connectivity index (χ4v) is 1.98. The number of aldehydes is 1. The van der Waals surface area contributed by atoms with Crippen LogP contribution in [0.2, 0.25) is 0 Å². The lowest BCUT2D eigenvalue weighted by molar-refractivity contribution is -0.129. The largest absolute Gasteiger partial charge is 0.423 e. The van der Waals surface area contributed by atoms with Crippen LogP contribution in [0.3, 0.4) is 0 Å². The Morgan fingerprint density at radius 3 is 2.63 bits per heavy atom. The third kappa shape index (κ3) is 3.08. The maximum absolute atomic E-state index is 11.6. The van der Waals surface area contributed by atoms with Gasteiger partial charge in [-0.05, 0) is 23.9 Å². The van der Waals surface area contributed by atoms with Crippen molar-refractivity contribution >= 4 is 35.2 Å². The van der Waals surface area contributed by atoms with Gasteiger partial charge in [0.05, 0.1) is 10.5 Å². The van der Waals surface area contributed by atoms with E-state index in [4.69, 9.17) is 4.74 Å². The molecule has 1 aromatic carbocycles. The summed E-state index contributed by atoms with van der Waals surface area (Å²) in [6.45, 7) is 0. The quantitative estimate of drug-likeness (QED) is 0.387. The summed E-state index contributed by atoms with van der Waals surface area (Å²) in [7, 11) is 0. The van der Waals surface area contributed by atoms with Crippen LogP contribution in [0.15, 0.2) is 35.2 Å². The average Bonchev–Trinajstić information content (AvgIpc) is 2.68. The number of ether oxygens (including phenoxy) is 1. The number of hydrogen-bond donors (Lipinski definition) is 1. The van der Waals surface area contributed by atoms with E-state index in [1.54, 1.807) is 12.1 Å². The first kappa shape index (κ1) is 13.0. The molecule has 0 unspecified atom stereocenters. The zero-order chi connectivity index (χ0) is 13.8. The van der Waals surface area contributed by atoms with Crippen molar-refractivity contribution in [3.8, 4) is 5.75 Å². The molecular formula is C12H7NO5S. The summed E-state index contributed by atoms with van der Waals surface area (Å²) < 4.78 is 4.93. The molecule has 2 rings (SSSR count). The van der Waals surface area contributed by atoms with Gasteiger partial charge in [-0.15, -0.1) is 0 Å². The summed E-state index contributed by atoms with van der Waals surface area (Å²) >= 11 is 0.614. The first-order valence-corrected chi connectivity index (χ1v) is 5.92. The summed E-state index contributed by atoms with van der Waals surface area (Å²) in [5.74, 6) is -1.38. The van der Waals surface area contributed by atoms with Crippen molar-refractivity contribution in [3.63, 3.8) is 0 Å². The first-order valence-electron chi connectivity index (χ1n) is 5.11. The molecule has 0 aromatic heterocycles. The molecule has 0 atom stereocenters. The Balaban J connectivity index is 2.14. The number of amides is 2. The van der Waals surface area contributed by atoms with Crippen LogP contribution in [-0.4, -0.2) is 23.4 Å². The second-order valence-corrected chi connectivity index (χ2v) is 4.44. The van der Waals surface area contributed by atoms with E-state index in [-0.39, 0.29) is 16.2 Å². The van der Waals surface area contributed by atoms with E-state index in [2.05, 4.69) is 0 Å². The zero-order valence-electron chi connectivity index (χ0n) is 9.41. The lowest BCUT2D eigenvalue weighted by Gasteiger charge is -2.03. The highest BCUT2D eigenvalue weighted by Crippen LogP contribution is 2.23. The van der Waals surface area contributed by atoms with E-state index in [0.717, 1.165) is 6.08 Å². The zero-order valence-corrected chi connectivity index (χ0v) is 10.2. The summed E-state index contributed by atoms with van der Waals surface area (Å²) in [4.78, 5) is 44.4. The minimum absolute atomic E-state index is 0.0430. The number of hydrogen-bond acceptors (Lipinski definition) is 6. The summed E-state index contributed by atoms with van der Waals surface area (Å²) in [5, 5.41) is 1.47. The average molecular weight is 277 g/mol. The van der Waals surface area contributed by atoms with Crippen LogP contribution in [0.1, 0.15) is 10.4 Å². The van der Waals surface area contributed by atoms with Crippen LogP contribution in [0.4, 0.5) is 4.79 Å². The van der Waals surface area contributed by atoms with Crippen LogP contribution in [-0.2, 0) is 9.59 Å². The molecule has 7 heteroatoms. The van der Waals surface area contributed by atoms with E-state index in [1.807, 2.05) is 5.32 Å². The molecule has 1 aromatic rings. The Kier molecular flexibility index (Phi) is 3.76. The maximum atomic E-state index is 11.6. The van der Waals surface area contributed by atoms with Crippen molar-refractivity contribution in [3.05, 3.63) is 40.8 Å². The van der Waals surface area contributed by atoms with Crippen LogP contribution in [0.5, 0.6) is 5.75 Å². The van der Waals surface area contributed by atoms with Gasteiger partial charge in [0.2, 0.25) is 0 Å². The number of carbonyl (C=O) groups excluding carboxylic acids is 4. The minimum atomic E-state index is -0.832. The molecule has 1 fully saturated rings. The van der Waals surface area contributed by atoms with Gasteiger partial charge in [-0.1, -0.05) is 12.1 Å². The van der Waals surface area contributed by atoms with E-state index >= 15 is 0 Å². The molecule has 0 saturated carbocycles. The Morgan fingerprint density at radius 1 is 1.26 bits per heavy atom. The van der Waals surface area contributed by atoms with Crippen molar-refractivity contribution in [2.75, 3.05) is 0 Å². The van der Waals surface area contributed by atoms with Crippen LogP contribution in [0, 0.1) is 0 Å². The molecule has 1 aliphatic rings. The third-order valence-corrected chi connectivity index (χ3v) is 2.96. The smallest absolute Gasteiger partial charge is 0.337 e. The molecule has 19 heavy (non-hydrogen) atoms. The number of benzene rings is 1. The second kappa shape index (κ2) is 5.49. The predicted octanol–water partition coefficient (Wildman–Crippen LogP) is 1.27. The van der Waals surface area contributed by atoms with Gasteiger partial charge < -0.3 is 4.74 Å². The van der Waals surface area contributed by atoms with Gasteiger partial charge in [0.15, 0.2) is 6.29 Å². The van der Waals surface area contributed by atoms with Crippen LogP contribution in [0.25, 0.3) is 0 Å².